The Balaban J connectivity index is 1.54. The summed E-state index contributed by atoms with van der Waals surface area (Å²) in [5.74, 6) is -0.243. The summed E-state index contributed by atoms with van der Waals surface area (Å²) in [6.45, 7) is 7.48. The van der Waals surface area contributed by atoms with Crippen LogP contribution in [0.15, 0.2) is 85.0 Å². The molecule has 45 heavy (non-hydrogen) atoms. The summed E-state index contributed by atoms with van der Waals surface area (Å²) < 4.78 is 50.3. The van der Waals surface area contributed by atoms with Crippen LogP contribution in [0.25, 0.3) is 5.57 Å². The molecular weight excluding hydrogens is 587 g/mol. The standard InChI is InChI=1S/C34H34F3N3O5/c1-5-44-24-18-14-22(15-19-24)25(21-12-16-23(17-13-21)34(35,36)37)8-6-11-30(41)38-27-9-7-10-28-26(27)20-29(31(42)39-28)40-32(43)45-33(2,3)4/h6-19,29H,5,20H2,1-4H3,(H,38,41)(H,39,42)(H,40,43)/b11-6+,25-8+. The van der Waals surface area contributed by atoms with Gasteiger partial charge in [-0.2, -0.15) is 13.2 Å². The van der Waals surface area contributed by atoms with E-state index in [4.69, 9.17) is 9.47 Å². The van der Waals surface area contributed by atoms with Crippen molar-refractivity contribution in [3.05, 3.63) is 107 Å². The molecule has 4 rings (SSSR count). The molecule has 0 aromatic heterocycles. The molecule has 1 unspecified atom stereocenters. The quantitative estimate of drug-likeness (QED) is 0.184. The molecule has 236 valence electrons. The lowest BCUT2D eigenvalue weighted by Crippen LogP contribution is -2.49. The molecule has 0 aliphatic carbocycles. The molecule has 8 nitrogen and oxygen atoms in total. The summed E-state index contributed by atoms with van der Waals surface area (Å²) >= 11 is 0. The number of nitrogens with one attached hydrogen (secondary N) is 3. The van der Waals surface area contributed by atoms with Gasteiger partial charge in [0.2, 0.25) is 11.8 Å². The van der Waals surface area contributed by atoms with E-state index < -0.39 is 41.3 Å². The number of allylic oxidation sites excluding steroid dienone is 2. The molecule has 0 radical (unpaired) electrons. The fourth-order valence-corrected chi connectivity index (χ4v) is 4.63. The van der Waals surface area contributed by atoms with Gasteiger partial charge >= 0.3 is 12.3 Å². The third kappa shape index (κ3) is 8.98. The molecule has 0 fully saturated rings. The Hall–Kier alpha value is -5.06. The number of rotatable bonds is 8. The third-order valence-corrected chi connectivity index (χ3v) is 6.62. The number of amides is 3. The molecule has 0 saturated carbocycles. The van der Waals surface area contributed by atoms with E-state index in [9.17, 15) is 27.6 Å². The molecular formula is C34H34F3N3O5. The van der Waals surface area contributed by atoms with Gasteiger partial charge < -0.3 is 25.4 Å². The molecule has 1 atom stereocenters. The summed E-state index contributed by atoms with van der Waals surface area (Å²) in [6.07, 6.45) is -0.655. The SMILES string of the molecule is CCOc1ccc(/C(=C/C=C/C(=O)Nc2cccc3c2CC(NC(=O)OC(C)(C)C)C(=O)N3)c2ccc(C(F)(F)F)cc2)cc1. The highest BCUT2D eigenvalue weighted by Gasteiger charge is 2.31. The van der Waals surface area contributed by atoms with Gasteiger partial charge in [-0.3, -0.25) is 9.59 Å². The van der Waals surface area contributed by atoms with Crippen molar-refractivity contribution in [3.8, 4) is 5.75 Å². The van der Waals surface area contributed by atoms with Crippen molar-refractivity contribution < 1.29 is 37.0 Å². The predicted molar refractivity (Wildman–Crippen MR) is 166 cm³/mol. The first-order chi connectivity index (χ1) is 21.2. The molecule has 0 bridgehead atoms. The monoisotopic (exact) mass is 621 g/mol. The number of carbonyl (C=O) groups is 3. The Kier molecular flexibility index (Phi) is 10.0. The van der Waals surface area contributed by atoms with Gasteiger partial charge in [-0.1, -0.05) is 42.5 Å². The van der Waals surface area contributed by atoms with Crippen molar-refractivity contribution in [2.24, 2.45) is 0 Å². The maximum Gasteiger partial charge on any atom is 0.416 e. The number of alkyl halides is 3. The van der Waals surface area contributed by atoms with Crippen LogP contribution in [-0.2, 0) is 26.9 Å². The van der Waals surface area contributed by atoms with Crippen molar-refractivity contribution >= 4 is 34.9 Å². The second-order valence-corrected chi connectivity index (χ2v) is 11.2. The summed E-state index contributed by atoms with van der Waals surface area (Å²) in [4.78, 5) is 37.8. The van der Waals surface area contributed by atoms with Gasteiger partial charge in [0, 0.05) is 29.4 Å². The van der Waals surface area contributed by atoms with Crippen LogP contribution in [0.2, 0.25) is 0 Å². The first-order valence-electron chi connectivity index (χ1n) is 14.3. The van der Waals surface area contributed by atoms with Gasteiger partial charge in [-0.25, -0.2) is 4.79 Å². The highest BCUT2D eigenvalue weighted by Crippen LogP contribution is 2.32. The Morgan fingerprint density at radius 3 is 2.22 bits per heavy atom. The van der Waals surface area contributed by atoms with Crippen LogP contribution in [0.4, 0.5) is 29.3 Å². The smallest absolute Gasteiger partial charge is 0.416 e. The molecule has 3 N–H and O–H groups in total. The van der Waals surface area contributed by atoms with Gasteiger partial charge in [-0.15, -0.1) is 0 Å². The minimum Gasteiger partial charge on any atom is -0.494 e. The van der Waals surface area contributed by atoms with Crippen LogP contribution >= 0.6 is 0 Å². The lowest BCUT2D eigenvalue weighted by molar-refractivity contribution is -0.137. The van der Waals surface area contributed by atoms with Crippen LogP contribution in [0.1, 0.15) is 49.9 Å². The molecule has 1 heterocycles. The van der Waals surface area contributed by atoms with Gasteiger partial charge in [0.25, 0.3) is 0 Å². The molecule has 3 aromatic carbocycles. The predicted octanol–water partition coefficient (Wildman–Crippen LogP) is 7.12. The molecule has 3 aromatic rings. The highest BCUT2D eigenvalue weighted by atomic mass is 19.4. The van der Waals surface area contributed by atoms with E-state index in [1.165, 1.54) is 24.3 Å². The summed E-state index contributed by atoms with van der Waals surface area (Å²) in [5.41, 5.74) is 1.88. The van der Waals surface area contributed by atoms with Crippen LogP contribution < -0.4 is 20.7 Å². The van der Waals surface area contributed by atoms with E-state index >= 15 is 0 Å². The zero-order valence-electron chi connectivity index (χ0n) is 25.2. The lowest BCUT2D eigenvalue weighted by Gasteiger charge is -2.28. The van der Waals surface area contributed by atoms with E-state index in [0.717, 1.165) is 12.1 Å². The maximum absolute atomic E-state index is 13.2. The van der Waals surface area contributed by atoms with Gasteiger partial charge in [0.15, 0.2) is 0 Å². The number of carbonyl (C=O) groups excluding carboxylic acids is 3. The van der Waals surface area contributed by atoms with Crippen LogP contribution in [0.5, 0.6) is 5.75 Å². The number of hydrogen-bond donors (Lipinski definition) is 3. The van der Waals surface area contributed by atoms with Crippen molar-refractivity contribution in [2.75, 3.05) is 17.2 Å². The zero-order valence-corrected chi connectivity index (χ0v) is 25.2. The van der Waals surface area contributed by atoms with E-state index in [2.05, 4.69) is 16.0 Å². The van der Waals surface area contributed by atoms with E-state index in [1.54, 1.807) is 69.3 Å². The number of anilines is 2. The van der Waals surface area contributed by atoms with Crippen molar-refractivity contribution in [3.63, 3.8) is 0 Å². The van der Waals surface area contributed by atoms with E-state index in [-0.39, 0.29) is 6.42 Å². The number of halogens is 3. The number of alkyl carbamates (subject to hydrolysis) is 1. The lowest BCUT2D eigenvalue weighted by atomic mass is 9.96. The first kappa shape index (κ1) is 32.8. The molecule has 0 spiro atoms. The molecule has 11 heteroatoms. The van der Waals surface area contributed by atoms with Gasteiger partial charge in [0.05, 0.1) is 12.2 Å². The zero-order chi connectivity index (χ0) is 32.8. The Labute approximate surface area is 259 Å². The summed E-state index contributed by atoms with van der Waals surface area (Å²) in [5, 5.41) is 8.12. The second kappa shape index (κ2) is 13.7. The first-order valence-corrected chi connectivity index (χ1v) is 14.3. The topological polar surface area (TPSA) is 106 Å². The number of hydrogen-bond acceptors (Lipinski definition) is 5. The molecule has 0 saturated heterocycles. The normalized spacial score (nSPS) is 15.2. The minimum atomic E-state index is -4.47. The van der Waals surface area contributed by atoms with Gasteiger partial charge in [0.1, 0.15) is 17.4 Å². The number of benzene rings is 3. The molecule has 1 aliphatic rings. The van der Waals surface area contributed by atoms with E-state index in [0.29, 0.717) is 46.0 Å². The Morgan fingerprint density at radius 2 is 1.62 bits per heavy atom. The number of fused-ring (bicyclic) bond motifs is 1. The third-order valence-electron chi connectivity index (χ3n) is 6.62. The maximum atomic E-state index is 13.2. The van der Waals surface area contributed by atoms with Crippen LogP contribution in [-0.4, -0.2) is 36.2 Å². The summed E-state index contributed by atoms with van der Waals surface area (Å²) in [7, 11) is 0. The Bertz CT molecular complexity index is 1610. The molecule has 1 aliphatic heterocycles. The van der Waals surface area contributed by atoms with E-state index in [1.807, 2.05) is 6.92 Å². The fraction of sp³-hybridized carbons (Fsp3) is 0.265. The van der Waals surface area contributed by atoms with Crippen LogP contribution in [0, 0.1) is 0 Å². The Morgan fingerprint density at radius 1 is 0.978 bits per heavy atom. The van der Waals surface area contributed by atoms with Crippen LogP contribution in [0.3, 0.4) is 0 Å². The molecule has 3 amide bonds. The number of ether oxygens (including phenoxy) is 2. The summed E-state index contributed by atoms with van der Waals surface area (Å²) in [6, 6.07) is 16.0. The second-order valence-electron chi connectivity index (χ2n) is 11.2. The largest absolute Gasteiger partial charge is 0.494 e. The van der Waals surface area contributed by atoms with Crippen molar-refractivity contribution in [2.45, 2.75) is 51.9 Å². The van der Waals surface area contributed by atoms with Crippen molar-refractivity contribution in [1.29, 1.82) is 0 Å². The minimum absolute atomic E-state index is 0.121. The van der Waals surface area contributed by atoms with Crippen molar-refractivity contribution in [1.82, 2.24) is 5.32 Å². The average Bonchev–Trinajstić information content (AvgIpc) is 2.95. The fourth-order valence-electron chi connectivity index (χ4n) is 4.63. The average molecular weight is 622 g/mol. The van der Waals surface area contributed by atoms with Gasteiger partial charge in [-0.05, 0) is 80.8 Å². The highest BCUT2D eigenvalue weighted by molar-refractivity contribution is 6.04.